The van der Waals surface area contributed by atoms with E-state index in [0.29, 0.717) is 24.8 Å². The first kappa shape index (κ1) is 44.7. The number of benzene rings is 3. The smallest absolute Gasteiger partial charge is 0.330 e. The quantitative estimate of drug-likeness (QED) is 0.0818. The predicted molar refractivity (Wildman–Crippen MR) is 216 cm³/mol. The summed E-state index contributed by atoms with van der Waals surface area (Å²) in [5.41, 5.74) is 2.11. The number of carboxylic acid groups (broad SMARTS) is 1. The molecular formula is C44H55N5O9. The van der Waals surface area contributed by atoms with Crippen molar-refractivity contribution in [1.29, 1.82) is 0 Å². The fourth-order valence-electron chi connectivity index (χ4n) is 7.06. The molecule has 0 aliphatic heterocycles. The highest BCUT2D eigenvalue weighted by atomic mass is 16.5. The molecule has 3 aromatic rings. The normalized spacial score (nSPS) is 14.7. The lowest BCUT2D eigenvalue weighted by atomic mass is 9.83. The van der Waals surface area contributed by atoms with Gasteiger partial charge in [-0.05, 0) is 66.8 Å². The van der Waals surface area contributed by atoms with Crippen LogP contribution in [-0.4, -0.2) is 78.2 Å². The molecule has 0 saturated heterocycles. The number of Topliss-reactive ketones (excluding diaryl/α,β-unsaturated/α-hetero) is 1. The Kier molecular flexibility index (Phi) is 17.9. The van der Waals surface area contributed by atoms with E-state index in [-0.39, 0.29) is 31.1 Å². The minimum absolute atomic E-state index is 0.0666. The Bertz CT molecular complexity index is 1830. The number of carboxylic acids is 1. The molecule has 4 unspecified atom stereocenters. The van der Waals surface area contributed by atoms with Crippen molar-refractivity contribution in [3.8, 4) is 5.75 Å². The van der Waals surface area contributed by atoms with Crippen LogP contribution in [0.4, 0.5) is 0 Å². The second-order valence-corrected chi connectivity index (χ2v) is 14.5. The van der Waals surface area contributed by atoms with Crippen molar-refractivity contribution in [3.63, 3.8) is 0 Å². The van der Waals surface area contributed by atoms with Crippen molar-refractivity contribution < 1.29 is 43.4 Å². The molecule has 1 saturated carbocycles. The number of carbonyl (C=O) groups excluding carboxylic acids is 6. The molecule has 3 aromatic carbocycles. The zero-order chi connectivity index (χ0) is 41.9. The van der Waals surface area contributed by atoms with Crippen molar-refractivity contribution in [1.82, 2.24) is 26.6 Å². The van der Waals surface area contributed by atoms with E-state index >= 15 is 0 Å². The van der Waals surface area contributed by atoms with Gasteiger partial charge in [-0.3, -0.25) is 28.8 Å². The molecule has 6 N–H and O–H groups in total. The van der Waals surface area contributed by atoms with Gasteiger partial charge in [0.2, 0.25) is 29.4 Å². The van der Waals surface area contributed by atoms with Crippen LogP contribution >= 0.6 is 0 Å². The highest BCUT2D eigenvalue weighted by molar-refractivity contribution is 6.38. The first-order valence-corrected chi connectivity index (χ1v) is 19.9. The zero-order valence-corrected chi connectivity index (χ0v) is 33.2. The van der Waals surface area contributed by atoms with E-state index in [2.05, 4.69) is 26.6 Å². The number of ketones is 1. The predicted octanol–water partition coefficient (Wildman–Crippen LogP) is 3.72. The number of hydrogen-bond donors (Lipinski definition) is 6. The molecule has 0 heterocycles. The van der Waals surface area contributed by atoms with E-state index in [0.717, 1.165) is 49.0 Å². The molecule has 310 valence electrons. The third-order valence-electron chi connectivity index (χ3n) is 10.2. The lowest BCUT2D eigenvalue weighted by molar-refractivity contribution is -0.142. The van der Waals surface area contributed by atoms with E-state index < -0.39 is 66.1 Å². The molecule has 1 fully saturated rings. The number of methoxy groups -OCH3 is 1. The molecule has 1 aliphatic carbocycles. The van der Waals surface area contributed by atoms with Gasteiger partial charge < -0.3 is 36.4 Å². The molecule has 1 aliphatic rings. The van der Waals surface area contributed by atoms with Crippen LogP contribution in [0.1, 0.15) is 87.4 Å². The maximum absolute atomic E-state index is 14.1. The van der Waals surface area contributed by atoms with Gasteiger partial charge in [-0.25, -0.2) is 4.79 Å². The molecular weight excluding hydrogens is 743 g/mol. The number of amides is 5. The molecule has 0 bridgehead atoms. The van der Waals surface area contributed by atoms with Crippen LogP contribution in [0, 0.1) is 5.92 Å². The van der Waals surface area contributed by atoms with Gasteiger partial charge in [0.25, 0.3) is 5.91 Å². The van der Waals surface area contributed by atoms with Crippen LogP contribution in [0.5, 0.6) is 5.75 Å². The standard InChI is InChI=1S/C44H55N5O9/c1-3-14-34(40(52)43(55)45-28-37(51)49-39(44(56)57)32-20-11-6-12-21-32)46-41(53)35(27-30-15-7-4-8-16-30)47-42(54)38(31-18-9-5-10-19-31)48-36(50)22-13-17-29-23-25-33(58-2)26-24-29/h4,6-8,11-12,15-16,20-21,23-26,31,34-35,38-39H,3,5,9-10,13-14,17-19,22,27-28H2,1-2H3,(H,45,55)(H,46,53)(H,47,54)(H,48,50)(H,49,51)(H,56,57). The summed E-state index contributed by atoms with van der Waals surface area (Å²) in [6.07, 6.45) is 6.32. The Morgan fingerprint density at radius 3 is 1.98 bits per heavy atom. The lowest BCUT2D eigenvalue weighted by Gasteiger charge is -2.31. The molecule has 4 rings (SSSR count). The van der Waals surface area contributed by atoms with Crippen molar-refractivity contribution >= 4 is 41.3 Å². The van der Waals surface area contributed by atoms with Crippen LogP contribution in [0.3, 0.4) is 0 Å². The number of aryl methyl sites for hydroxylation is 1. The van der Waals surface area contributed by atoms with Gasteiger partial charge in [0, 0.05) is 12.8 Å². The minimum Gasteiger partial charge on any atom is -0.497 e. The first-order chi connectivity index (χ1) is 28.0. The SMILES string of the molecule is CCCC(NC(=O)C(Cc1ccccc1)NC(=O)C(NC(=O)CCCc1ccc(OC)cc1)C1CCCCC1)C(=O)C(=O)NCC(=O)NC(C(=O)O)c1ccccc1. The van der Waals surface area contributed by atoms with E-state index in [4.69, 9.17) is 4.74 Å². The Morgan fingerprint density at radius 2 is 1.36 bits per heavy atom. The maximum atomic E-state index is 14.1. The van der Waals surface area contributed by atoms with E-state index in [9.17, 15) is 38.7 Å². The molecule has 58 heavy (non-hydrogen) atoms. The number of rotatable bonds is 22. The fraction of sp³-hybridized carbons (Fsp3) is 0.432. The lowest BCUT2D eigenvalue weighted by Crippen LogP contribution is -2.59. The monoisotopic (exact) mass is 797 g/mol. The summed E-state index contributed by atoms with van der Waals surface area (Å²) in [4.78, 5) is 92.2. The summed E-state index contributed by atoms with van der Waals surface area (Å²) in [6, 6.07) is 19.9. The number of hydrogen-bond acceptors (Lipinski definition) is 8. The van der Waals surface area contributed by atoms with Crippen molar-refractivity contribution in [2.45, 2.75) is 102 Å². The highest BCUT2D eigenvalue weighted by Gasteiger charge is 2.35. The van der Waals surface area contributed by atoms with Crippen molar-refractivity contribution in [2.75, 3.05) is 13.7 Å². The second-order valence-electron chi connectivity index (χ2n) is 14.5. The summed E-state index contributed by atoms with van der Waals surface area (Å²) < 4.78 is 5.22. The molecule has 4 atom stereocenters. The van der Waals surface area contributed by atoms with E-state index in [1.165, 1.54) is 12.1 Å². The van der Waals surface area contributed by atoms with Gasteiger partial charge in [0.15, 0.2) is 6.04 Å². The number of aliphatic carboxylic acids is 1. The van der Waals surface area contributed by atoms with E-state index in [1.807, 2.05) is 30.3 Å². The van der Waals surface area contributed by atoms with Crippen LogP contribution < -0.4 is 31.3 Å². The van der Waals surface area contributed by atoms with Gasteiger partial charge in [-0.2, -0.15) is 0 Å². The Hall–Kier alpha value is -6.05. The van der Waals surface area contributed by atoms with Gasteiger partial charge in [0.05, 0.1) is 19.7 Å². The maximum Gasteiger partial charge on any atom is 0.330 e. The van der Waals surface area contributed by atoms with Gasteiger partial charge in [0.1, 0.15) is 17.8 Å². The zero-order valence-electron chi connectivity index (χ0n) is 33.2. The van der Waals surface area contributed by atoms with Crippen LogP contribution in [0.2, 0.25) is 0 Å². The molecule has 5 amide bonds. The largest absolute Gasteiger partial charge is 0.497 e. The topological polar surface area (TPSA) is 209 Å². The molecule has 14 nitrogen and oxygen atoms in total. The van der Waals surface area contributed by atoms with Crippen molar-refractivity contribution in [3.05, 3.63) is 102 Å². The number of ether oxygens (including phenoxy) is 1. The van der Waals surface area contributed by atoms with Gasteiger partial charge in [-0.15, -0.1) is 0 Å². The van der Waals surface area contributed by atoms with Crippen molar-refractivity contribution in [2.24, 2.45) is 5.92 Å². The average molecular weight is 798 g/mol. The fourth-order valence-corrected chi connectivity index (χ4v) is 7.06. The van der Waals surface area contributed by atoms with Gasteiger partial charge in [-0.1, -0.05) is 105 Å². The second kappa shape index (κ2) is 23.2. The summed E-state index contributed by atoms with van der Waals surface area (Å²) >= 11 is 0. The van der Waals surface area contributed by atoms with E-state index in [1.54, 1.807) is 56.5 Å². The summed E-state index contributed by atoms with van der Waals surface area (Å²) in [6.45, 7) is 1.08. The molecule has 14 heteroatoms. The summed E-state index contributed by atoms with van der Waals surface area (Å²) in [5.74, 6) is -5.16. The molecule has 0 aromatic heterocycles. The summed E-state index contributed by atoms with van der Waals surface area (Å²) in [7, 11) is 1.60. The molecule has 0 spiro atoms. The Morgan fingerprint density at radius 1 is 0.724 bits per heavy atom. The number of nitrogens with one attached hydrogen (secondary N) is 5. The third kappa shape index (κ3) is 14.2. The average Bonchev–Trinajstić information content (AvgIpc) is 3.24. The molecule has 0 radical (unpaired) electrons. The highest BCUT2D eigenvalue weighted by Crippen LogP contribution is 2.27. The van der Waals surface area contributed by atoms with Gasteiger partial charge >= 0.3 is 5.97 Å². The third-order valence-corrected chi connectivity index (χ3v) is 10.2. The number of carbonyl (C=O) groups is 7. The Balaban J connectivity index is 1.42. The van der Waals surface area contributed by atoms with Crippen LogP contribution in [-0.2, 0) is 46.4 Å². The van der Waals surface area contributed by atoms with Crippen LogP contribution in [0.15, 0.2) is 84.9 Å². The van der Waals surface area contributed by atoms with Crippen LogP contribution in [0.25, 0.3) is 0 Å². The Labute approximate surface area is 339 Å². The first-order valence-electron chi connectivity index (χ1n) is 19.9. The summed E-state index contributed by atoms with van der Waals surface area (Å²) in [5, 5.41) is 22.7. The minimum atomic E-state index is -1.37.